The SMILES string of the molecule is CCC(C)(C)Nc1cc(=O)[nH]c(C(C)C)n1. The number of hydrogen-bond acceptors (Lipinski definition) is 3. The minimum absolute atomic E-state index is 0.0466. The molecule has 1 heterocycles. The van der Waals surface area contributed by atoms with Crippen LogP contribution in [0.1, 0.15) is 52.8 Å². The number of aromatic amines is 1. The van der Waals surface area contributed by atoms with Gasteiger partial charge in [-0.05, 0) is 20.3 Å². The van der Waals surface area contributed by atoms with Crippen LogP contribution in [-0.2, 0) is 0 Å². The second kappa shape index (κ2) is 4.68. The maximum atomic E-state index is 11.5. The monoisotopic (exact) mass is 223 g/mol. The predicted octanol–water partition coefficient (Wildman–Crippen LogP) is 2.49. The molecule has 16 heavy (non-hydrogen) atoms. The van der Waals surface area contributed by atoms with Crippen LogP contribution in [0, 0.1) is 0 Å². The van der Waals surface area contributed by atoms with E-state index in [2.05, 4.69) is 36.1 Å². The van der Waals surface area contributed by atoms with Crippen LogP contribution in [0.4, 0.5) is 5.82 Å². The van der Waals surface area contributed by atoms with Gasteiger partial charge in [0.1, 0.15) is 11.6 Å². The van der Waals surface area contributed by atoms with Gasteiger partial charge in [-0.25, -0.2) is 4.98 Å². The van der Waals surface area contributed by atoms with E-state index in [1.54, 1.807) is 0 Å². The van der Waals surface area contributed by atoms with Gasteiger partial charge in [0, 0.05) is 17.5 Å². The Kier molecular flexibility index (Phi) is 3.73. The van der Waals surface area contributed by atoms with E-state index in [9.17, 15) is 4.79 Å². The molecule has 1 aromatic rings. The molecule has 4 nitrogen and oxygen atoms in total. The first-order valence-electron chi connectivity index (χ1n) is 5.73. The maximum Gasteiger partial charge on any atom is 0.252 e. The summed E-state index contributed by atoms with van der Waals surface area (Å²) in [5.41, 5.74) is -0.150. The van der Waals surface area contributed by atoms with Crippen molar-refractivity contribution in [2.45, 2.75) is 52.5 Å². The van der Waals surface area contributed by atoms with Crippen LogP contribution in [0.5, 0.6) is 0 Å². The van der Waals surface area contributed by atoms with Crippen molar-refractivity contribution in [3.8, 4) is 0 Å². The lowest BCUT2D eigenvalue weighted by Gasteiger charge is -2.25. The molecule has 2 N–H and O–H groups in total. The van der Waals surface area contributed by atoms with E-state index in [-0.39, 0.29) is 17.0 Å². The second-order valence-electron chi connectivity index (χ2n) is 5.03. The summed E-state index contributed by atoms with van der Waals surface area (Å²) in [5, 5.41) is 3.27. The Balaban J connectivity index is 3.02. The van der Waals surface area contributed by atoms with E-state index < -0.39 is 0 Å². The van der Waals surface area contributed by atoms with Gasteiger partial charge in [-0.15, -0.1) is 0 Å². The normalized spacial score (nSPS) is 11.9. The average Bonchev–Trinajstić information content (AvgIpc) is 2.16. The lowest BCUT2D eigenvalue weighted by Crippen LogP contribution is -2.31. The molecule has 0 amide bonds. The first-order valence-corrected chi connectivity index (χ1v) is 5.73. The summed E-state index contributed by atoms with van der Waals surface area (Å²) in [7, 11) is 0. The molecule has 0 fully saturated rings. The van der Waals surface area contributed by atoms with Gasteiger partial charge in [-0.3, -0.25) is 4.79 Å². The highest BCUT2D eigenvalue weighted by Crippen LogP contribution is 2.16. The van der Waals surface area contributed by atoms with Crippen molar-refractivity contribution >= 4 is 5.82 Å². The quantitative estimate of drug-likeness (QED) is 0.824. The van der Waals surface area contributed by atoms with E-state index in [1.165, 1.54) is 6.07 Å². The Morgan fingerprint density at radius 1 is 1.50 bits per heavy atom. The highest BCUT2D eigenvalue weighted by molar-refractivity contribution is 5.36. The van der Waals surface area contributed by atoms with Gasteiger partial charge in [0.25, 0.3) is 5.56 Å². The van der Waals surface area contributed by atoms with Crippen LogP contribution >= 0.6 is 0 Å². The van der Waals surface area contributed by atoms with Crippen LogP contribution < -0.4 is 10.9 Å². The number of aromatic nitrogens is 2. The molecule has 0 aliphatic rings. The summed E-state index contributed by atoms with van der Waals surface area (Å²) in [4.78, 5) is 18.6. The first kappa shape index (κ1) is 12.7. The molecule has 1 rings (SSSR count). The zero-order valence-electron chi connectivity index (χ0n) is 10.7. The van der Waals surface area contributed by atoms with Crippen molar-refractivity contribution in [2.24, 2.45) is 0 Å². The highest BCUT2D eigenvalue weighted by atomic mass is 16.1. The fourth-order valence-corrected chi connectivity index (χ4v) is 1.25. The van der Waals surface area contributed by atoms with E-state index in [0.717, 1.165) is 12.2 Å². The Bertz CT molecular complexity index is 407. The van der Waals surface area contributed by atoms with Crippen LogP contribution in [0.3, 0.4) is 0 Å². The molecule has 0 saturated carbocycles. The van der Waals surface area contributed by atoms with Crippen LogP contribution in [0.2, 0.25) is 0 Å². The Hall–Kier alpha value is -1.32. The average molecular weight is 223 g/mol. The van der Waals surface area contributed by atoms with Crippen molar-refractivity contribution in [1.82, 2.24) is 9.97 Å². The summed E-state index contributed by atoms with van der Waals surface area (Å²) in [5.74, 6) is 1.60. The van der Waals surface area contributed by atoms with Crippen LogP contribution in [0.15, 0.2) is 10.9 Å². The van der Waals surface area contributed by atoms with Crippen molar-refractivity contribution in [3.63, 3.8) is 0 Å². The van der Waals surface area contributed by atoms with E-state index in [1.807, 2.05) is 13.8 Å². The molecular formula is C12H21N3O. The molecule has 90 valence electrons. The third-order valence-corrected chi connectivity index (χ3v) is 2.66. The van der Waals surface area contributed by atoms with Gasteiger partial charge >= 0.3 is 0 Å². The molecule has 0 atom stereocenters. The summed E-state index contributed by atoms with van der Waals surface area (Å²) in [6, 6.07) is 1.50. The van der Waals surface area contributed by atoms with Crippen molar-refractivity contribution in [2.75, 3.05) is 5.32 Å². The maximum absolute atomic E-state index is 11.5. The summed E-state index contributed by atoms with van der Waals surface area (Å²) in [6.45, 7) is 10.3. The highest BCUT2D eigenvalue weighted by Gasteiger charge is 2.16. The lowest BCUT2D eigenvalue weighted by atomic mass is 10.0. The minimum Gasteiger partial charge on any atom is -0.365 e. The largest absolute Gasteiger partial charge is 0.365 e. The number of anilines is 1. The molecule has 4 heteroatoms. The minimum atomic E-state index is -0.104. The molecule has 0 aromatic carbocycles. The van der Waals surface area contributed by atoms with Gasteiger partial charge in [-0.2, -0.15) is 0 Å². The Morgan fingerprint density at radius 3 is 2.62 bits per heavy atom. The van der Waals surface area contributed by atoms with Crippen molar-refractivity contribution in [3.05, 3.63) is 22.2 Å². The number of nitrogens with one attached hydrogen (secondary N) is 2. The molecular weight excluding hydrogens is 202 g/mol. The number of rotatable bonds is 4. The van der Waals surface area contributed by atoms with Gasteiger partial charge in [0.15, 0.2) is 0 Å². The van der Waals surface area contributed by atoms with Crippen LogP contribution in [0.25, 0.3) is 0 Å². The fraction of sp³-hybridized carbons (Fsp3) is 0.667. The first-order chi connectivity index (χ1) is 7.34. The number of hydrogen-bond donors (Lipinski definition) is 2. The van der Waals surface area contributed by atoms with Gasteiger partial charge in [0.2, 0.25) is 0 Å². The smallest absolute Gasteiger partial charge is 0.252 e. The molecule has 0 aliphatic carbocycles. The van der Waals surface area contributed by atoms with Crippen molar-refractivity contribution < 1.29 is 0 Å². The molecule has 0 saturated heterocycles. The summed E-state index contributed by atoms with van der Waals surface area (Å²) >= 11 is 0. The standard InChI is InChI=1S/C12H21N3O/c1-6-12(4,5)15-9-7-10(16)14-11(13-9)8(2)3/h7-8H,6H2,1-5H3,(H2,13,14,15,16). The summed E-state index contributed by atoms with van der Waals surface area (Å²) in [6.07, 6.45) is 0.971. The molecule has 1 aromatic heterocycles. The van der Waals surface area contributed by atoms with Gasteiger partial charge in [0.05, 0.1) is 0 Å². The molecule has 0 bridgehead atoms. The van der Waals surface area contributed by atoms with E-state index >= 15 is 0 Å². The third-order valence-electron chi connectivity index (χ3n) is 2.66. The molecule has 0 radical (unpaired) electrons. The second-order valence-corrected chi connectivity index (χ2v) is 5.03. The Morgan fingerprint density at radius 2 is 2.12 bits per heavy atom. The van der Waals surface area contributed by atoms with Gasteiger partial charge < -0.3 is 10.3 Å². The van der Waals surface area contributed by atoms with E-state index in [0.29, 0.717) is 5.82 Å². The predicted molar refractivity (Wildman–Crippen MR) is 66.9 cm³/mol. The molecule has 0 aliphatic heterocycles. The van der Waals surface area contributed by atoms with E-state index in [4.69, 9.17) is 0 Å². The fourth-order valence-electron chi connectivity index (χ4n) is 1.25. The van der Waals surface area contributed by atoms with Crippen molar-refractivity contribution in [1.29, 1.82) is 0 Å². The summed E-state index contributed by atoms with van der Waals surface area (Å²) < 4.78 is 0. The Labute approximate surface area is 96.5 Å². The zero-order valence-corrected chi connectivity index (χ0v) is 10.7. The topological polar surface area (TPSA) is 57.8 Å². The molecule has 0 unspecified atom stereocenters. The molecule has 0 spiro atoms. The number of H-pyrrole nitrogens is 1. The zero-order chi connectivity index (χ0) is 12.3. The van der Waals surface area contributed by atoms with Crippen LogP contribution in [-0.4, -0.2) is 15.5 Å². The number of nitrogens with zero attached hydrogens (tertiary/aromatic N) is 1. The lowest BCUT2D eigenvalue weighted by molar-refractivity contribution is 0.543. The third kappa shape index (κ3) is 3.36. The van der Waals surface area contributed by atoms with Gasteiger partial charge in [-0.1, -0.05) is 20.8 Å².